The maximum Gasteiger partial charge on any atom is 0.276 e. The molecule has 1 aromatic carbocycles. The van der Waals surface area contributed by atoms with Crippen LogP contribution in [0.15, 0.2) is 18.2 Å². The minimum atomic E-state index is -0.665. The maximum absolute atomic E-state index is 13.0. The van der Waals surface area contributed by atoms with Crippen molar-refractivity contribution in [2.24, 2.45) is 0 Å². The lowest BCUT2D eigenvalue weighted by atomic mass is 10.3. The number of nitrogens with zero attached hydrogens (tertiary/aromatic N) is 2. The molecule has 0 aliphatic heterocycles. The molecule has 0 saturated carbocycles. The average molecular weight is 242 g/mol. The fourth-order valence-electron chi connectivity index (χ4n) is 1.31. The highest BCUT2D eigenvalue weighted by Gasteiger charge is 2.10. The summed E-state index contributed by atoms with van der Waals surface area (Å²) in [5.41, 5.74) is -0.299. The highest BCUT2D eigenvalue weighted by molar-refractivity contribution is 5.38. The third-order valence-corrected chi connectivity index (χ3v) is 2.09. The highest BCUT2D eigenvalue weighted by Crippen LogP contribution is 2.21. The number of halogens is 1. The first-order chi connectivity index (χ1) is 7.99. The minimum absolute atomic E-state index is 0.190. The number of nitro benzene ring substituents is 1. The summed E-state index contributed by atoms with van der Waals surface area (Å²) in [6.07, 6.45) is 0.775. The minimum Gasteiger partial charge on any atom is -0.493 e. The van der Waals surface area contributed by atoms with Crippen molar-refractivity contribution >= 4 is 5.69 Å². The van der Waals surface area contributed by atoms with Crippen molar-refractivity contribution < 1.29 is 14.1 Å². The molecule has 0 radical (unpaired) electrons. The molecule has 0 heterocycles. The summed E-state index contributed by atoms with van der Waals surface area (Å²) in [6, 6.07) is 3.23. The summed E-state index contributed by atoms with van der Waals surface area (Å²) in [7, 11) is 3.88. The van der Waals surface area contributed by atoms with Gasteiger partial charge in [-0.2, -0.15) is 0 Å². The Kier molecular flexibility index (Phi) is 4.84. The van der Waals surface area contributed by atoms with E-state index in [2.05, 4.69) is 0 Å². The van der Waals surface area contributed by atoms with Gasteiger partial charge in [0.2, 0.25) is 0 Å². The van der Waals surface area contributed by atoms with E-state index >= 15 is 0 Å². The molecule has 17 heavy (non-hydrogen) atoms. The van der Waals surface area contributed by atoms with Crippen molar-refractivity contribution in [2.75, 3.05) is 27.2 Å². The van der Waals surface area contributed by atoms with Crippen molar-refractivity contribution in [2.45, 2.75) is 6.42 Å². The number of non-ortho nitro benzene ring substituents is 1. The molecule has 0 spiro atoms. The Morgan fingerprint density at radius 3 is 2.71 bits per heavy atom. The van der Waals surface area contributed by atoms with Crippen molar-refractivity contribution in [1.29, 1.82) is 0 Å². The zero-order valence-corrected chi connectivity index (χ0v) is 9.85. The SMILES string of the molecule is CN(C)CCCOc1cc(F)cc([N+](=O)[O-])c1. The first kappa shape index (κ1) is 13.4. The second kappa shape index (κ2) is 6.15. The van der Waals surface area contributed by atoms with Gasteiger partial charge in [0.25, 0.3) is 5.69 Å². The van der Waals surface area contributed by atoms with E-state index in [4.69, 9.17) is 4.74 Å². The molecule has 0 unspecified atom stereocenters. The van der Waals surface area contributed by atoms with E-state index in [0.29, 0.717) is 6.61 Å². The largest absolute Gasteiger partial charge is 0.493 e. The highest BCUT2D eigenvalue weighted by atomic mass is 19.1. The molecule has 0 atom stereocenters. The van der Waals surface area contributed by atoms with E-state index in [-0.39, 0.29) is 11.4 Å². The monoisotopic (exact) mass is 242 g/mol. The molecule has 1 rings (SSSR count). The maximum atomic E-state index is 13.0. The average Bonchev–Trinajstić information content (AvgIpc) is 2.23. The molecule has 0 bridgehead atoms. The van der Waals surface area contributed by atoms with E-state index in [1.54, 1.807) is 0 Å². The molecular weight excluding hydrogens is 227 g/mol. The second-order valence-electron chi connectivity index (χ2n) is 3.91. The van der Waals surface area contributed by atoms with Crippen molar-refractivity contribution in [3.63, 3.8) is 0 Å². The Hall–Kier alpha value is -1.69. The molecule has 0 N–H and O–H groups in total. The molecule has 0 aromatic heterocycles. The number of hydrogen-bond acceptors (Lipinski definition) is 4. The summed E-state index contributed by atoms with van der Waals surface area (Å²) >= 11 is 0. The van der Waals surface area contributed by atoms with Gasteiger partial charge in [-0.15, -0.1) is 0 Å². The van der Waals surface area contributed by atoms with Crippen LogP contribution in [0.3, 0.4) is 0 Å². The molecular formula is C11H15FN2O3. The van der Waals surface area contributed by atoms with Crippen LogP contribution in [0.4, 0.5) is 10.1 Å². The summed E-state index contributed by atoms with van der Waals surface area (Å²) < 4.78 is 18.3. The van der Waals surface area contributed by atoms with Crippen LogP contribution >= 0.6 is 0 Å². The lowest BCUT2D eigenvalue weighted by Gasteiger charge is -2.10. The summed E-state index contributed by atoms with van der Waals surface area (Å²) in [6.45, 7) is 1.25. The van der Waals surface area contributed by atoms with Gasteiger partial charge < -0.3 is 9.64 Å². The number of rotatable bonds is 6. The zero-order valence-electron chi connectivity index (χ0n) is 9.85. The van der Waals surface area contributed by atoms with Crippen LogP contribution in [-0.4, -0.2) is 37.1 Å². The smallest absolute Gasteiger partial charge is 0.276 e. The van der Waals surface area contributed by atoms with Gasteiger partial charge in [0.15, 0.2) is 0 Å². The van der Waals surface area contributed by atoms with Crippen LogP contribution in [0.2, 0.25) is 0 Å². The Balaban J connectivity index is 2.56. The van der Waals surface area contributed by atoms with Gasteiger partial charge >= 0.3 is 0 Å². The molecule has 6 heteroatoms. The summed E-state index contributed by atoms with van der Waals surface area (Å²) in [5, 5.41) is 10.5. The van der Waals surface area contributed by atoms with Gasteiger partial charge in [-0.1, -0.05) is 0 Å². The van der Waals surface area contributed by atoms with Gasteiger partial charge in [-0.25, -0.2) is 4.39 Å². The summed E-state index contributed by atoms with van der Waals surface area (Å²) in [4.78, 5) is 11.9. The zero-order chi connectivity index (χ0) is 12.8. The number of ether oxygens (including phenoxy) is 1. The number of nitro groups is 1. The third-order valence-electron chi connectivity index (χ3n) is 2.09. The lowest BCUT2D eigenvalue weighted by Crippen LogP contribution is -2.15. The van der Waals surface area contributed by atoms with Crippen LogP contribution in [0.5, 0.6) is 5.75 Å². The Labute approximate surface area is 98.9 Å². The molecule has 0 aliphatic rings. The van der Waals surface area contributed by atoms with Crippen molar-refractivity contribution in [1.82, 2.24) is 4.90 Å². The van der Waals surface area contributed by atoms with E-state index < -0.39 is 10.7 Å². The topological polar surface area (TPSA) is 55.6 Å². The number of hydrogen-bond donors (Lipinski definition) is 0. The van der Waals surface area contributed by atoms with Gasteiger partial charge in [-0.3, -0.25) is 10.1 Å². The van der Waals surface area contributed by atoms with Gasteiger partial charge in [0.05, 0.1) is 23.7 Å². The Bertz CT molecular complexity index is 396. The van der Waals surface area contributed by atoms with Crippen LogP contribution in [0.25, 0.3) is 0 Å². The number of benzene rings is 1. The normalized spacial score (nSPS) is 10.6. The first-order valence-corrected chi connectivity index (χ1v) is 5.21. The molecule has 94 valence electrons. The first-order valence-electron chi connectivity index (χ1n) is 5.21. The standard InChI is InChI=1S/C11H15FN2O3/c1-13(2)4-3-5-17-11-7-9(12)6-10(8-11)14(15)16/h6-8H,3-5H2,1-2H3. The molecule has 0 aliphatic carbocycles. The van der Waals surface area contributed by atoms with E-state index in [1.165, 1.54) is 6.07 Å². The van der Waals surface area contributed by atoms with Crippen LogP contribution in [-0.2, 0) is 0 Å². The Morgan fingerprint density at radius 2 is 2.12 bits per heavy atom. The predicted molar refractivity (Wildman–Crippen MR) is 61.7 cm³/mol. The molecule has 0 saturated heterocycles. The fraction of sp³-hybridized carbons (Fsp3) is 0.455. The van der Waals surface area contributed by atoms with Crippen LogP contribution < -0.4 is 4.74 Å². The third kappa shape index (κ3) is 4.78. The van der Waals surface area contributed by atoms with E-state index in [0.717, 1.165) is 25.1 Å². The van der Waals surface area contributed by atoms with Crippen molar-refractivity contribution in [3.05, 3.63) is 34.1 Å². The van der Waals surface area contributed by atoms with Crippen LogP contribution in [0, 0.1) is 15.9 Å². The predicted octanol–water partition coefficient (Wildman–Crippen LogP) is 2.06. The second-order valence-corrected chi connectivity index (χ2v) is 3.91. The van der Waals surface area contributed by atoms with Gasteiger partial charge in [0.1, 0.15) is 11.6 Å². The quantitative estimate of drug-likeness (QED) is 0.435. The lowest BCUT2D eigenvalue weighted by molar-refractivity contribution is -0.385. The van der Waals surface area contributed by atoms with Crippen LogP contribution in [0.1, 0.15) is 6.42 Å². The molecule has 0 fully saturated rings. The van der Waals surface area contributed by atoms with Crippen molar-refractivity contribution in [3.8, 4) is 5.75 Å². The Morgan fingerprint density at radius 1 is 1.41 bits per heavy atom. The summed E-state index contributed by atoms with van der Waals surface area (Å²) in [5.74, 6) is -0.475. The van der Waals surface area contributed by atoms with E-state index in [9.17, 15) is 14.5 Å². The van der Waals surface area contributed by atoms with Gasteiger partial charge in [-0.05, 0) is 20.5 Å². The van der Waals surface area contributed by atoms with E-state index in [1.807, 2.05) is 19.0 Å². The molecule has 0 amide bonds. The van der Waals surface area contributed by atoms with Gasteiger partial charge in [0, 0.05) is 12.6 Å². The molecule has 1 aromatic rings. The molecule has 5 nitrogen and oxygen atoms in total. The fourth-order valence-corrected chi connectivity index (χ4v) is 1.31.